The highest BCUT2D eigenvalue weighted by molar-refractivity contribution is 5.99. The van der Waals surface area contributed by atoms with Crippen molar-refractivity contribution in [3.8, 4) is 0 Å². The van der Waals surface area contributed by atoms with Crippen LogP contribution in [0.1, 0.15) is 73.6 Å². The van der Waals surface area contributed by atoms with E-state index in [1.807, 2.05) is 27.7 Å². The van der Waals surface area contributed by atoms with Gasteiger partial charge in [0.1, 0.15) is 0 Å². The van der Waals surface area contributed by atoms with Crippen molar-refractivity contribution in [1.82, 2.24) is 9.88 Å². The molecule has 1 aliphatic rings. The van der Waals surface area contributed by atoms with Crippen molar-refractivity contribution in [2.75, 3.05) is 25.6 Å². The summed E-state index contributed by atoms with van der Waals surface area (Å²) in [6.07, 6.45) is -1.60. The summed E-state index contributed by atoms with van der Waals surface area (Å²) in [7, 11) is 1.60. The molecule has 1 aromatic heterocycles. The van der Waals surface area contributed by atoms with Crippen LogP contribution in [0.3, 0.4) is 0 Å². The van der Waals surface area contributed by atoms with Crippen LogP contribution >= 0.6 is 0 Å². The van der Waals surface area contributed by atoms with E-state index in [1.54, 1.807) is 13.1 Å². The third-order valence-corrected chi connectivity index (χ3v) is 5.37. The van der Waals surface area contributed by atoms with Gasteiger partial charge in [-0.1, -0.05) is 39.8 Å². The average molecular weight is 484 g/mol. The number of carbonyl (C=O) groups excluding carboxylic acids is 1. The van der Waals surface area contributed by atoms with E-state index in [9.17, 15) is 22.8 Å². The number of carbonyl (C=O) groups is 1. The molecule has 0 unspecified atom stereocenters. The molecule has 9 heteroatoms. The third-order valence-electron chi connectivity index (χ3n) is 5.37. The molecule has 0 spiro atoms. The zero-order valence-corrected chi connectivity index (χ0v) is 20.8. The summed E-state index contributed by atoms with van der Waals surface area (Å²) in [4.78, 5) is 25.3. The fraction of sp³-hybridized carbons (Fsp3) is 0.520. The van der Waals surface area contributed by atoms with Crippen LogP contribution in [0.2, 0.25) is 0 Å². The highest BCUT2D eigenvalue weighted by Gasteiger charge is 2.32. The number of ether oxygens (including phenoxy) is 1. The number of nitrogens with zero attached hydrogens (tertiary/aromatic N) is 1. The van der Waals surface area contributed by atoms with Crippen LogP contribution in [-0.2, 0) is 17.5 Å². The standard InChI is InChI=1S/C21H24F3N3O3.2C2H6/c1-13-14(4-3-5-17(13)21(22,23)24)11-26-20(29)16-12-27(15-6-8-30-9-7-15)19(28)10-18(16)25-2;2*1-2/h3-5,10,12,15,25H,6-9,11H2,1-2H3,(H,26,29);2*1-2H3. The maximum Gasteiger partial charge on any atom is 0.416 e. The molecule has 0 radical (unpaired) electrons. The summed E-state index contributed by atoms with van der Waals surface area (Å²) >= 11 is 0. The number of alkyl halides is 3. The van der Waals surface area contributed by atoms with E-state index >= 15 is 0 Å². The highest BCUT2D eigenvalue weighted by Crippen LogP contribution is 2.33. The number of amides is 1. The Bertz CT molecular complexity index is 982. The van der Waals surface area contributed by atoms with E-state index < -0.39 is 17.6 Å². The number of nitrogens with one attached hydrogen (secondary N) is 2. The van der Waals surface area contributed by atoms with Crippen LogP contribution in [0.5, 0.6) is 0 Å². The second-order valence-corrected chi connectivity index (χ2v) is 7.21. The van der Waals surface area contributed by atoms with Crippen molar-refractivity contribution in [2.45, 2.75) is 66.2 Å². The topological polar surface area (TPSA) is 72.4 Å². The Balaban J connectivity index is 0.00000137. The van der Waals surface area contributed by atoms with Gasteiger partial charge in [0.05, 0.1) is 16.8 Å². The second kappa shape index (κ2) is 13.8. The molecule has 1 amide bonds. The minimum Gasteiger partial charge on any atom is -0.387 e. The van der Waals surface area contributed by atoms with Gasteiger partial charge in [-0.05, 0) is 37.0 Å². The van der Waals surface area contributed by atoms with Gasteiger partial charge in [-0.25, -0.2) is 0 Å². The van der Waals surface area contributed by atoms with E-state index in [2.05, 4.69) is 10.6 Å². The lowest BCUT2D eigenvalue weighted by Gasteiger charge is -2.25. The second-order valence-electron chi connectivity index (χ2n) is 7.21. The summed E-state index contributed by atoms with van der Waals surface area (Å²) in [5.74, 6) is -0.475. The Morgan fingerprint density at radius 1 is 1.15 bits per heavy atom. The normalized spacial score (nSPS) is 13.7. The SMILES string of the molecule is CC.CC.CNc1cc(=O)n(C2CCOCC2)cc1C(=O)NCc1cccc(C(F)(F)F)c1C. The number of hydrogen-bond donors (Lipinski definition) is 2. The van der Waals surface area contributed by atoms with Crippen molar-refractivity contribution >= 4 is 11.6 Å². The van der Waals surface area contributed by atoms with Crippen LogP contribution in [0, 0.1) is 6.92 Å². The van der Waals surface area contributed by atoms with Gasteiger partial charge in [0.25, 0.3) is 11.5 Å². The van der Waals surface area contributed by atoms with E-state index in [4.69, 9.17) is 4.74 Å². The molecule has 6 nitrogen and oxygen atoms in total. The first-order valence-corrected chi connectivity index (χ1v) is 11.7. The van der Waals surface area contributed by atoms with Crippen molar-refractivity contribution in [3.05, 3.63) is 63.1 Å². The number of halogens is 3. The molecule has 0 saturated carbocycles. The fourth-order valence-electron chi connectivity index (χ4n) is 3.64. The van der Waals surface area contributed by atoms with E-state index in [1.165, 1.54) is 29.8 Å². The number of hydrogen-bond acceptors (Lipinski definition) is 4. The molecular formula is C25H36F3N3O3. The summed E-state index contributed by atoms with van der Waals surface area (Å²) in [6.45, 7) is 10.4. The van der Waals surface area contributed by atoms with Crippen molar-refractivity contribution in [3.63, 3.8) is 0 Å². The molecule has 34 heavy (non-hydrogen) atoms. The molecule has 2 heterocycles. The van der Waals surface area contributed by atoms with E-state index in [-0.39, 0.29) is 29.3 Å². The molecule has 2 N–H and O–H groups in total. The monoisotopic (exact) mass is 483 g/mol. The van der Waals surface area contributed by atoms with Gasteiger partial charge >= 0.3 is 6.18 Å². The van der Waals surface area contributed by atoms with E-state index in [0.717, 1.165) is 6.07 Å². The van der Waals surface area contributed by atoms with Crippen molar-refractivity contribution in [2.24, 2.45) is 0 Å². The lowest BCUT2D eigenvalue weighted by atomic mass is 10.0. The van der Waals surface area contributed by atoms with Crippen LogP contribution in [0.15, 0.2) is 35.3 Å². The molecule has 0 atom stereocenters. The van der Waals surface area contributed by atoms with Crippen LogP contribution < -0.4 is 16.2 Å². The Labute approximate surface area is 199 Å². The van der Waals surface area contributed by atoms with Crippen molar-refractivity contribution < 1.29 is 22.7 Å². The summed E-state index contributed by atoms with van der Waals surface area (Å²) < 4.78 is 46.2. The molecular weight excluding hydrogens is 447 g/mol. The first-order valence-electron chi connectivity index (χ1n) is 11.7. The Morgan fingerprint density at radius 3 is 2.32 bits per heavy atom. The largest absolute Gasteiger partial charge is 0.416 e. The van der Waals surface area contributed by atoms with E-state index in [0.29, 0.717) is 37.3 Å². The summed E-state index contributed by atoms with van der Waals surface area (Å²) in [5, 5.41) is 5.51. The lowest BCUT2D eigenvalue weighted by molar-refractivity contribution is -0.138. The van der Waals surface area contributed by atoms with Crippen molar-refractivity contribution in [1.29, 1.82) is 0 Å². The summed E-state index contributed by atoms with van der Waals surface area (Å²) in [6, 6.07) is 5.19. The molecule has 1 saturated heterocycles. The fourth-order valence-corrected chi connectivity index (χ4v) is 3.64. The highest BCUT2D eigenvalue weighted by atomic mass is 19.4. The first kappa shape index (κ1) is 29.2. The molecule has 0 bridgehead atoms. The van der Waals surface area contributed by atoms with Crippen LogP contribution in [0.25, 0.3) is 0 Å². The first-order chi connectivity index (χ1) is 16.2. The number of anilines is 1. The number of aromatic nitrogens is 1. The maximum atomic E-state index is 13.1. The van der Waals surface area contributed by atoms with Gasteiger partial charge in [0, 0.05) is 45.1 Å². The molecule has 1 aliphatic heterocycles. The molecule has 1 fully saturated rings. The number of benzene rings is 1. The van der Waals surface area contributed by atoms with Gasteiger partial charge in [-0.15, -0.1) is 0 Å². The third kappa shape index (κ3) is 7.35. The van der Waals surface area contributed by atoms with Gasteiger partial charge < -0.3 is 19.9 Å². The van der Waals surface area contributed by atoms with Gasteiger partial charge in [0.15, 0.2) is 0 Å². The average Bonchev–Trinajstić information content (AvgIpc) is 2.85. The number of pyridine rings is 1. The quantitative estimate of drug-likeness (QED) is 0.585. The predicted molar refractivity (Wildman–Crippen MR) is 129 cm³/mol. The predicted octanol–water partition coefficient (Wildman–Crippen LogP) is 5.55. The minimum absolute atomic E-state index is 0.0607. The number of rotatable bonds is 5. The Kier molecular flexibility index (Phi) is 11.9. The zero-order chi connectivity index (χ0) is 25.9. The smallest absolute Gasteiger partial charge is 0.387 e. The maximum absolute atomic E-state index is 13.1. The Morgan fingerprint density at radius 2 is 1.76 bits per heavy atom. The summed E-state index contributed by atoms with van der Waals surface area (Å²) in [5.41, 5.74) is 0.123. The van der Waals surface area contributed by atoms with Gasteiger partial charge in [-0.3, -0.25) is 9.59 Å². The minimum atomic E-state index is -4.46. The van der Waals surface area contributed by atoms with Crippen LogP contribution in [0.4, 0.5) is 18.9 Å². The van der Waals surface area contributed by atoms with Gasteiger partial charge in [-0.2, -0.15) is 13.2 Å². The zero-order valence-electron chi connectivity index (χ0n) is 20.8. The molecule has 3 rings (SSSR count). The Hall–Kier alpha value is -2.81. The molecule has 2 aromatic rings. The molecule has 190 valence electrons. The molecule has 1 aromatic carbocycles. The van der Waals surface area contributed by atoms with Gasteiger partial charge in [0.2, 0.25) is 0 Å². The van der Waals surface area contributed by atoms with Crippen LogP contribution in [-0.4, -0.2) is 30.7 Å². The molecule has 0 aliphatic carbocycles. The lowest BCUT2D eigenvalue weighted by Crippen LogP contribution is -2.32.